The molecule has 8 heteroatoms. The molecule has 128 valence electrons. The molecule has 4 rings (SSSR count). The van der Waals surface area contributed by atoms with Gasteiger partial charge in [0.1, 0.15) is 18.5 Å². The Balaban J connectivity index is 1.38. The fourth-order valence-corrected chi connectivity index (χ4v) is 2.64. The van der Waals surface area contributed by atoms with Crippen molar-refractivity contribution in [2.45, 2.75) is 6.17 Å². The molecule has 0 aliphatic carbocycles. The molecule has 6 N–H and O–H groups in total. The Hall–Kier alpha value is -3.26. The topological polar surface area (TPSA) is 112 Å². The molecule has 2 aromatic carbocycles. The van der Waals surface area contributed by atoms with E-state index in [1.807, 2.05) is 42.5 Å². The van der Waals surface area contributed by atoms with E-state index in [0.29, 0.717) is 19.1 Å². The summed E-state index contributed by atoms with van der Waals surface area (Å²) in [6.45, 7) is 1.01. The van der Waals surface area contributed by atoms with Gasteiger partial charge < -0.3 is 21.1 Å². The summed E-state index contributed by atoms with van der Waals surface area (Å²) < 4.78 is 5.49. The van der Waals surface area contributed by atoms with E-state index >= 15 is 0 Å². The number of aromatic nitrogens is 2. The van der Waals surface area contributed by atoms with Gasteiger partial charge in [0.05, 0.1) is 11.7 Å². The largest absolute Gasteiger partial charge is 0.492 e. The Kier molecular flexibility index (Phi) is 4.09. The molecule has 1 aliphatic rings. The highest BCUT2D eigenvalue weighted by Crippen LogP contribution is 2.20. The standard InChI is InChI=1S/C17H19N7O/c18-7-8-25-14-4-1-11(2-5-14)16-21-17(24-23-16)20-13-3-6-15-12(9-13)10-19-22-15/h1-6,9-10,16,23H,7-8,18H2,(H,19,22)(H2,20,21,24). The van der Waals surface area contributed by atoms with Crippen LogP contribution in [0.25, 0.3) is 10.9 Å². The summed E-state index contributed by atoms with van der Waals surface area (Å²) in [5, 5.41) is 18.9. The molecule has 0 fully saturated rings. The fourth-order valence-electron chi connectivity index (χ4n) is 2.64. The maximum Gasteiger partial charge on any atom is 0.220 e. The van der Waals surface area contributed by atoms with Crippen molar-refractivity contribution in [3.8, 4) is 5.75 Å². The van der Waals surface area contributed by atoms with Crippen LogP contribution in [0.1, 0.15) is 11.7 Å². The van der Waals surface area contributed by atoms with Gasteiger partial charge in [0, 0.05) is 17.6 Å². The molecule has 0 amide bonds. The predicted molar refractivity (Wildman–Crippen MR) is 97.2 cm³/mol. The van der Waals surface area contributed by atoms with Gasteiger partial charge >= 0.3 is 0 Å². The van der Waals surface area contributed by atoms with Crippen LogP contribution < -0.4 is 26.5 Å². The van der Waals surface area contributed by atoms with Crippen LogP contribution in [0.4, 0.5) is 5.69 Å². The van der Waals surface area contributed by atoms with Gasteiger partial charge in [-0.3, -0.25) is 10.5 Å². The number of rotatable bonds is 5. The molecule has 0 radical (unpaired) electrons. The number of hydrogen-bond acceptors (Lipinski definition) is 7. The van der Waals surface area contributed by atoms with Crippen molar-refractivity contribution in [1.82, 2.24) is 20.9 Å². The van der Waals surface area contributed by atoms with Crippen molar-refractivity contribution in [3.05, 3.63) is 54.2 Å². The summed E-state index contributed by atoms with van der Waals surface area (Å²) in [5.74, 6) is 1.47. The van der Waals surface area contributed by atoms with Gasteiger partial charge in [-0.15, -0.1) is 5.10 Å². The number of hydrazone groups is 1. The number of anilines is 1. The monoisotopic (exact) mass is 337 g/mol. The Morgan fingerprint density at radius 1 is 1.16 bits per heavy atom. The third kappa shape index (κ3) is 3.33. The van der Waals surface area contributed by atoms with Crippen LogP contribution in [0.5, 0.6) is 5.75 Å². The van der Waals surface area contributed by atoms with E-state index in [-0.39, 0.29) is 6.17 Å². The molecule has 25 heavy (non-hydrogen) atoms. The van der Waals surface area contributed by atoms with E-state index in [9.17, 15) is 0 Å². The number of nitrogens with two attached hydrogens (primary N) is 1. The van der Waals surface area contributed by atoms with Crippen molar-refractivity contribution >= 4 is 22.5 Å². The minimum absolute atomic E-state index is 0.0938. The zero-order chi connectivity index (χ0) is 17.1. The second kappa shape index (κ2) is 6.70. The maximum atomic E-state index is 5.49. The molecule has 0 bridgehead atoms. The molecule has 1 atom stereocenters. The Bertz CT molecular complexity index is 887. The number of guanidine groups is 1. The lowest BCUT2D eigenvalue weighted by atomic mass is 10.2. The lowest BCUT2D eigenvalue weighted by molar-refractivity contribution is 0.328. The normalized spacial score (nSPS) is 16.2. The number of nitrogens with one attached hydrogen (secondary N) is 4. The van der Waals surface area contributed by atoms with E-state index in [1.54, 1.807) is 6.20 Å². The van der Waals surface area contributed by atoms with Crippen molar-refractivity contribution in [2.75, 3.05) is 18.5 Å². The third-order valence-corrected chi connectivity index (χ3v) is 3.89. The van der Waals surface area contributed by atoms with Crippen LogP contribution in [0.3, 0.4) is 0 Å². The summed E-state index contributed by atoms with van der Waals surface area (Å²) in [5.41, 5.74) is 11.5. The molecule has 8 nitrogen and oxygen atoms in total. The van der Waals surface area contributed by atoms with Crippen molar-refractivity contribution in [1.29, 1.82) is 0 Å². The Morgan fingerprint density at radius 3 is 2.88 bits per heavy atom. The minimum Gasteiger partial charge on any atom is -0.492 e. The molecule has 0 spiro atoms. The molecule has 2 heterocycles. The van der Waals surface area contributed by atoms with Gasteiger partial charge in [0.25, 0.3) is 0 Å². The van der Waals surface area contributed by atoms with Gasteiger partial charge in [0.15, 0.2) is 0 Å². The highest BCUT2D eigenvalue weighted by atomic mass is 16.5. The second-order valence-electron chi connectivity index (χ2n) is 5.67. The number of nitrogens with zero attached hydrogens (tertiary/aromatic N) is 2. The summed E-state index contributed by atoms with van der Waals surface area (Å²) >= 11 is 0. The van der Waals surface area contributed by atoms with Gasteiger partial charge in [-0.25, -0.2) is 0 Å². The molecule has 3 aromatic rings. The van der Waals surface area contributed by atoms with E-state index in [4.69, 9.17) is 10.5 Å². The first-order chi connectivity index (χ1) is 12.3. The number of fused-ring (bicyclic) bond motifs is 1. The number of benzene rings is 2. The number of H-pyrrole nitrogens is 1. The Labute approximate surface area is 144 Å². The summed E-state index contributed by atoms with van der Waals surface area (Å²) in [7, 11) is 0. The summed E-state index contributed by atoms with van der Waals surface area (Å²) in [4.78, 5) is 0. The third-order valence-electron chi connectivity index (χ3n) is 3.89. The molecule has 0 saturated heterocycles. The van der Waals surface area contributed by atoms with Crippen LogP contribution in [-0.4, -0.2) is 29.3 Å². The maximum absolute atomic E-state index is 5.49. The van der Waals surface area contributed by atoms with Crippen molar-refractivity contribution in [3.63, 3.8) is 0 Å². The first-order valence-corrected chi connectivity index (χ1v) is 8.04. The van der Waals surface area contributed by atoms with Crippen molar-refractivity contribution in [2.24, 2.45) is 10.8 Å². The van der Waals surface area contributed by atoms with Gasteiger partial charge in [-0.05, 0) is 35.9 Å². The second-order valence-corrected chi connectivity index (χ2v) is 5.67. The fraction of sp³-hybridized carbons (Fsp3) is 0.176. The predicted octanol–water partition coefficient (Wildman–Crippen LogP) is 1.47. The highest BCUT2D eigenvalue weighted by Gasteiger charge is 2.18. The average Bonchev–Trinajstić information content (AvgIpc) is 3.29. The van der Waals surface area contributed by atoms with Crippen LogP contribution in [0.15, 0.2) is 53.8 Å². The summed E-state index contributed by atoms with van der Waals surface area (Å²) in [6.07, 6.45) is 1.70. The SMILES string of the molecule is NCCOc1ccc(C2NN=C(Nc3ccc4[nH]ncc4c3)N2)cc1. The van der Waals surface area contributed by atoms with Crippen LogP contribution in [-0.2, 0) is 0 Å². The first-order valence-electron chi connectivity index (χ1n) is 8.04. The van der Waals surface area contributed by atoms with Gasteiger partial charge in [0.2, 0.25) is 5.96 Å². The molecule has 1 aromatic heterocycles. The molecule has 1 unspecified atom stereocenters. The lowest BCUT2D eigenvalue weighted by Crippen LogP contribution is -2.30. The zero-order valence-corrected chi connectivity index (χ0v) is 13.5. The molecular weight excluding hydrogens is 318 g/mol. The number of ether oxygens (including phenoxy) is 1. The minimum atomic E-state index is -0.0938. The smallest absolute Gasteiger partial charge is 0.220 e. The first kappa shape index (κ1) is 15.3. The van der Waals surface area contributed by atoms with Crippen LogP contribution >= 0.6 is 0 Å². The number of aromatic amines is 1. The van der Waals surface area contributed by atoms with Crippen LogP contribution in [0, 0.1) is 0 Å². The lowest BCUT2D eigenvalue weighted by Gasteiger charge is -2.13. The van der Waals surface area contributed by atoms with Crippen LogP contribution in [0.2, 0.25) is 0 Å². The van der Waals surface area contributed by atoms with Gasteiger partial charge in [-0.2, -0.15) is 5.10 Å². The molecule has 1 aliphatic heterocycles. The zero-order valence-electron chi connectivity index (χ0n) is 13.5. The van der Waals surface area contributed by atoms with E-state index in [1.165, 1.54) is 0 Å². The number of hydrogen-bond donors (Lipinski definition) is 5. The molecular formula is C17H19N7O. The van der Waals surface area contributed by atoms with Crippen molar-refractivity contribution < 1.29 is 4.74 Å². The van der Waals surface area contributed by atoms with Gasteiger partial charge in [-0.1, -0.05) is 12.1 Å². The Morgan fingerprint density at radius 2 is 2.04 bits per heavy atom. The quantitative estimate of drug-likeness (QED) is 0.482. The average molecular weight is 337 g/mol. The molecule has 0 saturated carbocycles. The van der Waals surface area contributed by atoms with E-state index in [0.717, 1.165) is 27.9 Å². The summed E-state index contributed by atoms with van der Waals surface area (Å²) in [6, 6.07) is 13.8. The highest BCUT2D eigenvalue weighted by molar-refractivity contribution is 5.96. The van der Waals surface area contributed by atoms with E-state index in [2.05, 4.69) is 31.4 Å². The van der Waals surface area contributed by atoms with E-state index < -0.39 is 0 Å².